The normalized spacial score (nSPS) is 11.0. The van der Waals surface area contributed by atoms with Gasteiger partial charge >= 0.3 is 0 Å². The molecule has 1 heterocycles. The van der Waals surface area contributed by atoms with E-state index in [9.17, 15) is 13.2 Å². The summed E-state index contributed by atoms with van der Waals surface area (Å²) in [5.41, 5.74) is 8.59. The number of fused-ring (bicyclic) bond motifs is 1. The van der Waals surface area contributed by atoms with Crippen LogP contribution >= 0.6 is 0 Å². The summed E-state index contributed by atoms with van der Waals surface area (Å²) < 4.78 is 30.9. The molecule has 168 valence electrons. The van der Waals surface area contributed by atoms with Crippen molar-refractivity contribution >= 4 is 38.0 Å². The summed E-state index contributed by atoms with van der Waals surface area (Å²) in [6.45, 7) is 3.18. The molecule has 0 unspecified atom stereocenters. The van der Waals surface area contributed by atoms with Crippen LogP contribution in [0.15, 0.2) is 47.4 Å². The lowest BCUT2D eigenvalue weighted by atomic mass is 10.2. The van der Waals surface area contributed by atoms with Gasteiger partial charge in [0.15, 0.2) is 9.84 Å². The Morgan fingerprint density at radius 2 is 1.94 bits per heavy atom. The lowest BCUT2D eigenvalue weighted by molar-refractivity contribution is -0.116. The second-order valence-corrected chi connectivity index (χ2v) is 9.14. The van der Waals surface area contributed by atoms with Gasteiger partial charge in [0.25, 0.3) is 0 Å². The van der Waals surface area contributed by atoms with Crippen LogP contribution in [0.3, 0.4) is 0 Å². The van der Waals surface area contributed by atoms with E-state index in [1.807, 2.05) is 31.2 Å². The number of rotatable bonds is 8. The summed E-state index contributed by atoms with van der Waals surface area (Å²) in [7, 11) is -1.83. The van der Waals surface area contributed by atoms with Crippen molar-refractivity contribution in [1.29, 1.82) is 0 Å². The van der Waals surface area contributed by atoms with E-state index in [4.69, 9.17) is 10.5 Å². The Hall–Kier alpha value is -3.64. The van der Waals surface area contributed by atoms with Gasteiger partial charge in [-0.2, -0.15) is 0 Å². The molecule has 0 spiro atoms. The van der Waals surface area contributed by atoms with Gasteiger partial charge in [-0.3, -0.25) is 4.79 Å². The molecule has 0 atom stereocenters. The van der Waals surface area contributed by atoms with Crippen molar-refractivity contribution in [3.05, 3.63) is 48.2 Å². The molecule has 0 aliphatic rings. The number of aryl methyl sites for hydroxylation is 1. The Labute approximate surface area is 187 Å². The number of nitrogens with two attached hydrogens (primary N) is 1. The van der Waals surface area contributed by atoms with Crippen LogP contribution in [-0.2, 0) is 21.2 Å². The van der Waals surface area contributed by atoms with Crippen molar-refractivity contribution in [2.45, 2.75) is 18.4 Å². The fourth-order valence-corrected chi connectivity index (χ4v) is 4.02. The van der Waals surface area contributed by atoms with Crippen molar-refractivity contribution in [3.63, 3.8) is 0 Å². The first-order valence-electron chi connectivity index (χ1n) is 10.00. The number of nitrogens with zero attached hydrogens (tertiary/aromatic N) is 1. The molecule has 32 heavy (non-hydrogen) atoms. The standard InChI is InChI=1S/C23H26N4O4S/c1-4-27-16(13-18-19(26-15-23(24)28)8-5-9-21(18)27)7-6-12-25-20-11-10-17(32(3,29)30)14-22(20)31-2/h5,8-11,13-14,25-26H,4,12,15H2,1-3H3,(H2,24,28). The van der Waals surface area contributed by atoms with Crippen LogP contribution in [0.25, 0.3) is 10.9 Å². The molecule has 0 aliphatic carbocycles. The molecule has 0 aliphatic heterocycles. The first-order chi connectivity index (χ1) is 15.2. The molecule has 4 N–H and O–H groups in total. The number of benzene rings is 2. The van der Waals surface area contributed by atoms with E-state index < -0.39 is 15.7 Å². The SMILES string of the molecule is CCn1c(C#CCNc2ccc(S(C)(=O)=O)cc2OC)cc2c(NCC(N)=O)cccc21. The van der Waals surface area contributed by atoms with Crippen LogP contribution in [0.1, 0.15) is 12.6 Å². The molecule has 0 bridgehead atoms. The molecule has 2 aromatic carbocycles. The highest BCUT2D eigenvalue weighted by Gasteiger charge is 2.12. The lowest BCUT2D eigenvalue weighted by Crippen LogP contribution is -2.21. The van der Waals surface area contributed by atoms with Crippen LogP contribution < -0.4 is 21.1 Å². The molecule has 0 saturated carbocycles. The molecular weight excluding hydrogens is 428 g/mol. The van der Waals surface area contributed by atoms with Crippen molar-refractivity contribution < 1.29 is 17.9 Å². The highest BCUT2D eigenvalue weighted by molar-refractivity contribution is 7.90. The van der Waals surface area contributed by atoms with E-state index in [0.29, 0.717) is 18.0 Å². The number of primary amides is 1. The van der Waals surface area contributed by atoms with Gasteiger partial charge in [-0.1, -0.05) is 12.0 Å². The zero-order valence-electron chi connectivity index (χ0n) is 18.2. The van der Waals surface area contributed by atoms with Gasteiger partial charge in [-0.25, -0.2) is 8.42 Å². The number of hydrogen-bond donors (Lipinski definition) is 3. The van der Waals surface area contributed by atoms with Crippen LogP contribution in [0.5, 0.6) is 5.75 Å². The Bertz CT molecular complexity index is 1320. The molecule has 0 radical (unpaired) electrons. The number of ether oxygens (including phenoxy) is 1. The average molecular weight is 455 g/mol. The maximum absolute atomic E-state index is 11.7. The predicted octanol–water partition coefficient (Wildman–Crippen LogP) is 2.43. The first kappa shape index (κ1) is 23.0. The molecule has 8 nitrogen and oxygen atoms in total. The number of carbonyl (C=O) groups excluding carboxylic acids is 1. The van der Waals surface area contributed by atoms with E-state index in [1.165, 1.54) is 19.2 Å². The third-order valence-electron chi connectivity index (χ3n) is 4.90. The third kappa shape index (κ3) is 5.15. The van der Waals surface area contributed by atoms with Crippen LogP contribution in [0.2, 0.25) is 0 Å². The summed E-state index contributed by atoms with van der Waals surface area (Å²) in [5.74, 6) is 6.29. The van der Waals surface area contributed by atoms with E-state index in [1.54, 1.807) is 6.07 Å². The van der Waals surface area contributed by atoms with Gasteiger partial charge in [-0.15, -0.1) is 0 Å². The summed E-state index contributed by atoms with van der Waals surface area (Å²) in [6, 6.07) is 12.5. The van der Waals surface area contributed by atoms with Gasteiger partial charge in [0.05, 0.1) is 42.0 Å². The smallest absolute Gasteiger partial charge is 0.236 e. The number of anilines is 2. The average Bonchev–Trinajstić information content (AvgIpc) is 3.12. The lowest BCUT2D eigenvalue weighted by Gasteiger charge is -2.10. The largest absolute Gasteiger partial charge is 0.495 e. The summed E-state index contributed by atoms with van der Waals surface area (Å²) >= 11 is 0. The van der Waals surface area contributed by atoms with Crippen molar-refractivity contribution in [3.8, 4) is 17.6 Å². The zero-order valence-corrected chi connectivity index (χ0v) is 19.0. The number of amides is 1. The Morgan fingerprint density at radius 3 is 2.59 bits per heavy atom. The van der Waals surface area contributed by atoms with Gasteiger partial charge < -0.3 is 25.7 Å². The summed E-state index contributed by atoms with van der Waals surface area (Å²) in [5, 5.41) is 7.19. The van der Waals surface area contributed by atoms with Crippen molar-refractivity contribution in [2.24, 2.45) is 5.73 Å². The van der Waals surface area contributed by atoms with Gasteiger partial charge in [0.2, 0.25) is 5.91 Å². The Balaban J connectivity index is 1.82. The highest BCUT2D eigenvalue weighted by atomic mass is 32.2. The maximum atomic E-state index is 11.7. The minimum Gasteiger partial charge on any atom is -0.495 e. The second-order valence-electron chi connectivity index (χ2n) is 7.12. The molecular formula is C23H26N4O4S. The van der Waals surface area contributed by atoms with Gasteiger partial charge in [-0.05, 0) is 43.2 Å². The molecule has 3 rings (SSSR count). The maximum Gasteiger partial charge on any atom is 0.236 e. The minimum absolute atomic E-state index is 0.0569. The molecule has 0 saturated heterocycles. The van der Waals surface area contributed by atoms with Crippen molar-refractivity contribution in [2.75, 3.05) is 37.1 Å². The topological polar surface area (TPSA) is 115 Å². The summed E-state index contributed by atoms with van der Waals surface area (Å²) in [4.78, 5) is 11.3. The van der Waals surface area contributed by atoms with Crippen LogP contribution in [0, 0.1) is 11.8 Å². The highest BCUT2D eigenvalue weighted by Crippen LogP contribution is 2.28. The number of carbonyl (C=O) groups is 1. The molecule has 9 heteroatoms. The number of sulfone groups is 1. The van der Waals surface area contributed by atoms with Gasteiger partial charge in [0.1, 0.15) is 5.75 Å². The van der Waals surface area contributed by atoms with E-state index in [2.05, 4.69) is 27.0 Å². The number of hydrogen-bond acceptors (Lipinski definition) is 6. The van der Waals surface area contributed by atoms with E-state index in [0.717, 1.165) is 35.1 Å². The van der Waals surface area contributed by atoms with Crippen LogP contribution in [0.4, 0.5) is 11.4 Å². The Morgan fingerprint density at radius 1 is 1.16 bits per heavy atom. The molecule has 3 aromatic rings. The quantitative estimate of drug-likeness (QED) is 0.450. The minimum atomic E-state index is -3.32. The fourth-order valence-electron chi connectivity index (χ4n) is 3.39. The monoisotopic (exact) mass is 454 g/mol. The van der Waals surface area contributed by atoms with Gasteiger partial charge in [0, 0.05) is 29.9 Å². The number of nitrogens with one attached hydrogen (secondary N) is 2. The second kappa shape index (κ2) is 9.66. The van der Waals surface area contributed by atoms with Crippen molar-refractivity contribution in [1.82, 2.24) is 4.57 Å². The predicted molar refractivity (Wildman–Crippen MR) is 127 cm³/mol. The number of methoxy groups -OCH3 is 1. The Kier molecular flexibility index (Phi) is 6.95. The fraction of sp³-hybridized carbons (Fsp3) is 0.261. The molecule has 0 fully saturated rings. The molecule has 1 amide bonds. The van der Waals surface area contributed by atoms with E-state index in [-0.39, 0.29) is 11.4 Å². The number of aromatic nitrogens is 1. The first-order valence-corrected chi connectivity index (χ1v) is 11.9. The summed E-state index contributed by atoms with van der Waals surface area (Å²) in [6.07, 6.45) is 1.15. The van der Waals surface area contributed by atoms with E-state index >= 15 is 0 Å². The van der Waals surface area contributed by atoms with Crippen LogP contribution in [-0.4, -0.2) is 45.3 Å². The third-order valence-corrected chi connectivity index (χ3v) is 6.01. The molecule has 1 aromatic heterocycles. The zero-order chi connectivity index (χ0) is 23.3.